The van der Waals surface area contributed by atoms with Crippen molar-refractivity contribution >= 4 is 160 Å². The molecule has 0 saturated carbocycles. The predicted molar refractivity (Wildman–Crippen MR) is 522 cm³/mol. The van der Waals surface area contributed by atoms with Crippen molar-refractivity contribution in [2.24, 2.45) is 0 Å². The van der Waals surface area contributed by atoms with E-state index in [1.165, 1.54) is 76.5 Å². The molecule has 1 aromatic heterocycles. The number of aliphatic carboxylic acids is 5. The molecule has 17 heteroatoms. The molecule has 0 unspecified atom stereocenters. The Hall–Kier alpha value is -16.2. The molecule has 0 aliphatic heterocycles. The van der Waals surface area contributed by atoms with Crippen molar-refractivity contribution in [3.05, 3.63) is 458 Å². The second kappa shape index (κ2) is 40.0. The molecule has 11 nitrogen and oxygen atoms in total. The zero-order valence-electron chi connectivity index (χ0n) is 71.3. The topological polar surface area (TPSA) is 199 Å². The van der Waals surface area contributed by atoms with Gasteiger partial charge < -0.3 is 25.5 Å². The van der Waals surface area contributed by atoms with E-state index >= 15 is 0 Å². The predicted octanol–water partition coefficient (Wildman–Crippen LogP) is 28.4. The van der Waals surface area contributed by atoms with Gasteiger partial charge in [0.2, 0.25) is 0 Å². The number of aryl methyl sites for hydroxylation is 1. The Balaban J connectivity index is 0.000000120. The summed E-state index contributed by atoms with van der Waals surface area (Å²) >= 11 is 1.72. The van der Waals surface area contributed by atoms with Crippen molar-refractivity contribution < 1.29 is 71.5 Å². The van der Waals surface area contributed by atoms with Crippen molar-refractivity contribution in [1.29, 1.82) is 0 Å². The standard InChI is InChI=1S/C25H19FO2S.C24H17FO2.C23H17FO2.C22H15FO2.C21H14FNO2/c1-29-22-9-6-18(7-10-22)17-4-2-16(3-5-17)12-19-13-20(14-25(27)28)24-15-21(26)8-11-23(19)24;25-21-10-11-22-19(13-20(14-24(26)27)23(22)15-21)12-16-6-8-18(9-7-16)17-4-2-1-3-5-17;1-14-6-7-15(20-5-3-2-4-19(14)20)10-16-11-17(12-23(25)26)22-13-18(24)8-9-21(16)22;23-18-8-9-20-16(11-17(12-22(24)25)21(20)13-18)10-15-6-3-5-14-4-1-2-7-19(14)15;22-17-6-7-18-15(10-16(11-20(24)25)19(18)12-17)9-14-4-1-3-13-5-2-8-23-21(13)14/h2-13,15H,14H2,1H3,(H,27,28);1-13,15H,14H2,(H,26,27);2-11,13H,12H2,1H3,(H,25,26);1-11,13H,12H2,(H,24,25);1-10,12H,11H2,(H,24,25)/b2*19-12+;2*16-10+;15-9+. The highest BCUT2D eigenvalue weighted by Gasteiger charge is 2.27. The van der Waals surface area contributed by atoms with Gasteiger partial charge in [0.1, 0.15) is 29.1 Å². The fourth-order valence-corrected chi connectivity index (χ4v) is 17.5. The maximum Gasteiger partial charge on any atom is 0.307 e. The number of benzene rings is 14. The number of pyridine rings is 1. The second-order valence-electron chi connectivity index (χ2n) is 32.0. The maximum absolute atomic E-state index is 13.7. The van der Waals surface area contributed by atoms with Gasteiger partial charge in [-0.2, -0.15) is 0 Å². The molecular weight excluding hydrogens is 1680 g/mol. The Morgan fingerprint density at radius 3 is 0.992 bits per heavy atom. The molecule has 20 rings (SSSR count). The highest BCUT2D eigenvalue weighted by Crippen LogP contribution is 2.46. The third kappa shape index (κ3) is 20.9. The van der Waals surface area contributed by atoms with Crippen LogP contribution in [0.4, 0.5) is 22.0 Å². The number of fused-ring (bicyclic) bond motifs is 8. The number of rotatable bonds is 18. The zero-order valence-corrected chi connectivity index (χ0v) is 72.1. The molecule has 0 radical (unpaired) electrons. The molecule has 132 heavy (non-hydrogen) atoms. The van der Waals surface area contributed by atoms with E-state index in [1.54, 1.807) is 48.3 Å². The molecule has 1 heterocycles. The average molecular weight is 1760 g/mol. The van der Waals surface area contributed by atoms with E-state index in [4.69, 9.17) is 25.5 Å². The number of carboxylic acid groups (broad SMARTS) is 5. The summed E-state index contributed by atoms with van der Waals surface area (Å²) in [7, 11) is 0. The van der Waals surface area contributed by atoms with E-state index in [2.05, 4.69) is 121 Å². The van der Waals surface area contributed by atoms with E-state index in [1.807, 2.05) is 170 Å². The van der Waals surface area contributed by atoms with Crippen molar-refractivity contribution in [3.8, 4) is 22.3 Å². The Bertz CT molecular complexity index is 7300. The Morgan fingerprint density at radius 1 is 0.288 bits per heavy atom. The summed E-state index contributed by atoms with van der Waals surface area (Å²) in [4.78, 5) is 61.4. The van der Waals surface area contributed by atoms with Gasteiger partial charge in [-0.1, -0.05) is 224 Å². The number of hydrogen-bond donors (Lipinski definition) is 5. The fourth-order valence-electron chi connectivity index (χ4n) is 17.1. The van der Waals surface area contributed by atoms with E-state index in [-0.39, 0.29) is 61.2 Å². The van der Waals surface area contributed by atoms with Crippen molar-refractivity contribution in [3.63, 3.8) is 0 Å². The molecule has 648 valence electrons. The summed E-state index contributed by atoms with van der Waals surface area (Å²) in [5, 5.41) is 51.3. The minimum absolute atomic E-state index is 0.122. The number of allylic oxidation sites excluding steroid dienone is 10. The molecule has 14 aromatic carbocycles. The average Bonchev–Trinajstić information content (AvgIpc) is 1.69. The highest BCUT2D eigenvalue weighted by atomic mass is 32.2. The minimum Gasteiger partial charge on any atom is -0.481 e. The quantitative estimate of drug-likeness (QED) is 0.0403. The zero-order chi connectivity index (χ0) is 92.2. The van der Waals surface area contributed by atoms with Gasteiger partial charge in [0.05, 0.1) is 37.6 Å². The van der Waals surface area contributed by atoms with E-state index in [0.717, 1.165) is 133 Å². The summed E-state index contributed by atoms with van der Waals surface area (Å²) in [5.41, 5.74) is 26.9. The molecule has 5 aliphatic carbocycles. The van der Waals surface area contributed by atoms with Crippen molar-refractivity contribution in [1.82, 2.24) is 4.98 Å². The van der Waals surface area contributed by atoms with Crippen LogP contribution in [-0.2, 0) is 24.0 Å². The van der Waals surface area contributed by atoms with Crippen molar-refractivity contribution in [2.45, 2.75) is 43.9 Å². The summed E-state index contributed by atoms with van der Waals surface area (Å²) in [6.07, 6.45) is 22.4. The summed E-state index contributed by atoms with van der Waals surface area (Å²) in [6.45, 7) is 2.08. The van der Waals surface area contributed by atoms with Crippen LogP contribution >= 0.6 is 11.8 Å². The van der Waals surface area contributed by atoms with Crippen LogP contribution < -0.4 is 0 Å². The summed E-state index contributed by atoms with van der Waals surface area (Å²) < 4.78 is 68.3. The van der Waals surface area contributed by atoms with E-state index in [9.17, 15) is 45.9 Å². The van der Waals surface area contributed by atoms with Crippen LogP contribution in [0.5, 0.6) is 0 Å². The SMILES string of the molecule is CSc1ccc(-c2ccc(/C=C3\C=C(CC(=O)O)c4cc(F)ccc43)cc2)cc1.Cc1ccc(/C=C2\C=C(CC(=O)O)c3cc(F)ccc32)c2ccccc12.O=C(O)CC1=C/C(=C\c2ccc(-c3ccccc3)cc2)c2ccc(F)cc21.O=C(O)CC1=C/C(=C\c2cccc3ccccc23)c2ccc(F)cc21.O=C(O)CC1=C/C(=C\c2cccc3cccnc23)c2ccc(F)cc21. The smallest absolute Gasteiger partial charge is 0.307 e. The number of carbonyl (C=O) groups is 5. The molecule has 0 fully saturated rings. The van der Waals surface area contributed by atoms with Gasteiger partial charge >= 0.3 is 29.8 Å². The van der Waals surface area contributed by atoms with Crippen LogP contribution in [0.2, 0.25) is 0 Å². The molecule has 5 aliphatic rings. The van der Waals surface area contributed by atoms with E-state index < -0.39 is 29.8 Å². The van der Waals surface area contributed by atoms with Crippen LogP contribution in [0.15, 0.2) is 345 Å². The lowest BCUT2D eigenvalue weighted by Crippen LogP contribution is -1.96. The first-order chi connectivity index (χ1) is 63.9. The lowest BCUT2D eigenvalue weighted by Gasteiger charge is -2.07. The number of aromatic nitrogens is 1. The first-order valence-electron chi connectivity index (χ1n) is 42.3. The first-order valence-corrected chi connectivity index (χ1v) is 43.5. The molecule has 0 atom stereocenters. The number of thioether (sulfide) groups is 1. The van der Waals surface area contributed by atoms with Crippen LogP contribution in [0, 0.1) is 36.0 Å². The summed E-state index contributed by atoms with van der Waals surface area (Å²) in [5.74, 6) is -6.45. The molecule has 0 spiro atoms. The number of nitrogens with zero attached hydrogens (tertiary/aromatic N) is 1. The lowest BCUT2D eigenvalue weighted by molar-refractivity contribution is -0.136. The summed E-state index contributed by atoms with van der Waals surface area (Å²) in [6, 6.07) is 93.9. The number of halogens is 5. The van der Waals surface area contributed by atoms with Crippen LogP contribution in [-0.4, -0.2) is 66.6 Å². The largest absolute Gasteiger partial charge is 0.481 e. The number of para-hydroxylation sites is 1. The van der Waals surface area contributed by atoms with Gasteiger partial charge in [0.15, 0.2) is 0 Å². The molecule has 5 N–H and O–H groups in total. The van der Waals surface area contributed by atoms with Gasteiger partial charge in [-0.05, 0) is 336 Å². The Morgan fingerprint density at radius 2 is 0.598 bits per heavy atom. The highest BCUT2D eigenvalue weighted by molar-refractivity contribution is 7.98. The fraction of sp³-hybridized carbons (Fsp3) is 0.0609. The van der Waals surface area contributed by atoms with E-state index in [0.29, 0.717) is 55.7 Å². The molecule has 0 saturated heterocycles. The second-order valence-corrected chi connectivity index (χ2v) is 32.9. The lowest BCUT2D eigenvalue weighted by atomic mass is 9.97. The maximum atomic E-state index is 13.7. The first kappa shape index (κ1) is 89.2. The van der Waals surface area contributed by atoms with Gasteiger partial charge in [-0.15, -0.1) is 11.8 Å². The van der Waals surface area contributed by atoms with Crippen LogP contribution in [0.25, 0.3) is 141 Å². The minimum atomic E-state index is -0.936. The third-order valence-corrected chi connectivity index (χ3v) is 23.9. The molecule has 0 amide bonds. The third-order valence-electron chi connectivity index (χ3n) is 23.1. The van der Waals surface area contributed by atoms with Gasteiger partial charge in [0, 0.05) is 22.0 Å². The van der Waals surface area contributed by atoms with Crippen LogP contribution in [0.3, 0.4) is 0 Å². The Kier molecular flexibility index (Phi) is 27.0. The Labute approximate surface area is 762 Å². The molecule has 0 bridgehead atoms. The van der Waals surface area contributed by atoms with Gasteiger partial charge in [-0.25, -0.2) is 22.0 Å². The van der Waals surface area contributed by atoms with Crippen LogP contribution in [0.1, 0.15) is 121 Å². The van der Waals surface area contributed by atoms with Gasteiger partial charge in [0.25, 0.3) is 0 Å². The van der Waals surface area contributed by atoms with Gasteiger partial charge in [-0.3, -0.25) is 29.0 Å². The molecule has 15 aromatic rings. The normalized spacial score (nSPS) is 14.4. The monoisotopic (exact) mass is 1760 g/mol. The number of hydrogen-bond acceptors (Lipinski definition) is 7. The number of carboxylic acids is 5. The molecular formula is C115H82F5NO10S. The van der Waals surface area contributed by atoms with Crippen molar-refractivity contribution in [2.75, 3.05) is 6.26 Å².